The van der Waals surface area contributed by atoms with Crippen molar-refractivity contribution in [2.75, 3.05) is 27.3 Å². The number of rotatable bonds is 10. The summed E-state index contributed by atoms with van der Waals surface area (Å²) in [6.45, 7) is 0.500. The first-order valence-corrected chi connectivity index (χ1v) is 9.33. The fraction of sp³-hybridized carbons (Fsp3) is 0.381. The van der Waals surface area contributed by atoms with Crippen molar-refractivity contribution in [3.63, 3.8) is 0 Å². The van der Waals surface area contributed by atoms with Crippen LogP contribution >= 0.6 is 0 Å². The first-order chi connectivity index (χ1) is 14.1. The van der Waals surface area contributed by atoms with Gasteiger partial charge in [0.15, 0.2) is 5.96 Å². The number of para-hydroxylation sites is 1. The highest BCUT2D eigenvalue weighted by Gasteiger charge is 2.11. The van der Waals surface area contributed by atoms with Crippen LogP contribution < -0.4 is 24.8 Å². The van der Waals surface area contributed by atoms with E-state index >= 15 is 0 Å². The Morgan fingerprint density at radius 2 is 1.79 bits per heavy atom. The van der Waals surface area contributed by atoms with Gasteiger partial charge in [0.1, 0.15) is 17.2 Å². The van der Waals surface area contributed by atoms with Crippen LogP contribution in [-0.4, -0.2) is 39.9 Å². The van der Waals surface area contributed by atoms with E-state index < -0.39 is 6.61 Å². The van der Waals surface area contributed by atoms with Crippen molar-refractivity contribution in [3.8, 4) is 17.2 Å². The van der Waals surface area contributed by atoms with Gasteiger partial charge < -0.3 is 24.8 Å². The van der Waals surface area contributed by atoms with Gasteiger partial charge >= 0.3 is 6.61 Å². The van der Waals surface area contributed by atoms with E-state index in [1.165, 1.54) is 13.2 Å². The minimum absolute atomic E-state index is 0.0782. The van der Waals surface area contributed by atoms with E-state index in [2.05, 4.69) is 20.4 Å². The molecular formula is C21H27F2N3O3. The van der Waals surface area contributed by atoms with Gasteiger partial charge in [-0.25, -0.2) is 4.99 Å². The third-order valence-corrected chi connectivity index (χ3v) is 4.11. The molecule has 0 heterocycles. The summed E-state index contributed by atoms with van der Waals surface area (Å²) in [6, 6.07) is 12.5. The van der Waals surface area contributed by atoms with Crippen molar-refractivity contribution in [1.82, 2.24) is 10.6 Å². The summed E-state index contributed by atoms with van der Waals surface area (Å²) in [5, 5.41) is 6.39. The second-order valence-electron chi connectivity index (χ2n) is 6.04. The predicted octanol–water partition coefficient (Wildman–Crippen LogP) is 3.60. The van der Waals surface area contributed by atoms with Gasteiger partial charge in [-0.15, -0.1) is 0 Å². The van der Waals surface area contributed by atoms with Crippen LogP contribution in [0.5, 0.6) is 17.2 Å². The van der Waals surface area contributed by atoms with Gasteiger partial charge in [-0.3, -0.25) is 0 Å². The second kappa shape index (κ2) is 11.7. The van der Waals surface area contributed by atoms with Crippen molar-refractivity contribution in [2.24, 2.45) is 4.99 Å². The van der Waals surface area contributed by atoms with Crippen molar-refractivity contribution in [2.45, 2.75) is 26.5 Å². The van der Waals surface area contributed by atoms with Crippen LogP contribution in [0, 0.1) is 0 Å². The Balaban J connectivity index is 2.06. The molecule has 158 valence electrons. The Hall–Kier alpha value is -3.03. The lowest BCUT2D eigenvalue weighted by Gasteiger charge is -2.14. The van der Waals surface area contributed by atoms with Crippen molar-refractivity contribution >= 4 is 5.96 Å². The Morgan fingerprint density at radius 3 is 2.48 bits per heavy atom. The fourth-order valence-electron chi connectivity index (χ4n) is 2.75. The molecule has 0 unspecified atom stereocenters. The molecule has 2 aromatic carbocycles. The van der Waals surface area contributed by atoms with Crippen LogP contribution in [0.1, 0.15) is 18.1 Å². The molecule has 2 aromatic rings. The summed E-state index contributed by atoms with van der Waals surface area (Å²) in [5.74, 6) is 2.04. The number of nitrogens with zero attached hydrogens (tertiary/aromatic N) is 1. The summed E-state index contributed by atoms with van der Waals surface area (Å²) < 4.78 is 40.5. The highest BCUT2D eigenvalue weighted by molar-refractivity contribution is 5.79. The first kappa shape index (κ1) is 22.3. The van der Waals surface area contributed by atoms with Crippen LogP contribution in [0.4, 0.5) is 8.78 Å². The van der Waals surface area contributed by atoms with Gasteiger partial charge in [0, 0.05) is 18.7 Å². The molecule has 0 aliphatic rings. The maximum Gasteiger partial charge on any atom is 0.387 e. The maximum absolute atomic E-state index is 12.7. The van der Waals surface area contributed by atoms with Crippen LogP contribution in [-0.2, 0) is 13.0 Å². The second-order valence-corrected chi connectivity index (χ2v) is 6.04. The lowest BCUT2D eigenvalue weighted by molar-refractivity contribution is -0.0504. The molecule has 0 atom stereocenters. The largest absolute Gasteiger partial charge is 0.497 e. The molecule has 0 aliphatic carbocycles. The van der Waals surface area contributed by atoms with Gasteiger partial charge in [-0.2, -0.15) is 8.78 Å². The molecule has 0 spiro atoms. The molecule has 6 nitrogen and oxygen atoms in total. The number of alkyl halides is 2. The van der Waals surface area contributed by atoms with Gasteiger partial charge in [0.2, 0.25) is 0 Å². The molecule has 0 aromatic heterocycles. The van der Waals surface area contributed by atoms with Gasteiger partial charge in [-0.05, 0) is 43.2 Å². The van der Waals surface area contributed by atoms with Gasteiger partial charge in [0.05, 0.1) is 20.8 Å². The number of aliphatic imine (C=N–C) groups is 1. The van der Waals surface area contributed by atoms with E-state index in [9.17, 15) is 8.78 Å². The summed E-state index contributed by atoms with van der Waals surface area (Å²) in [5.41, 5.74) is 1.59. The zero-order valence-corrected chi connectivity index (χ0v) is 16.9. The molecule has 2 rings (SSSR count). The lowest BCUT2D eigenvalue weighted by atomic mass is 10.1. The summed E-state index contributed by atoms with van der Waals surface area (Å²) in [4.78, 5) is 4.48. The number of ether oxygens (including phenoxy) is 3. The number of hydrogen-bond acceptors (Lipinski definition) is 4. The highest BCUT2D eigenvalue weighted by atomic mass is 19.3. The standard InChI is InChI=1S/C21H27F2N3O3/c1-4-24-21(25-12-11-15-7-5-6-8-18(15)28-3)26-14-16-13-17(27-2)9-10-19(16)29-20(22)23/h5-10,13,20H,4,11-12,14H2,1-3H3,(H2,24,25,26). The van der Waals surface area contributed by atoms with E-state index in [1.54, 1.807) is 19.2 Å². The molecular weight excluding hydrogens is 380 g/mol. The molecule has 0 saturated heterocycles. The number of hydrogen-bond donors (Lipinski definition) is 2. The number of methoxy groups -OCH3 is 2. The molecule has 2 N–H and O–H groups in total. The quantitative estimate of drug-likeness (QED) is 0.465. The molecule has 0 aliphatic heterocycles. The number of halogens is 2. The Bertz CT molecular complexity index is 800. The molecule has 0 fully saturated rings. The van der Waals surface area contributed by atoms with E-state index in [0.29, 0.717) is 30.4 Å². The monoisotopic (exact) mass is 407 g/mol. The van der Waals surface area contributed by atoms with E-state index in [1.807, 2.05) is 31.2 Å². The minimum Gasteiger partial charge on any atom is -0.497 e. The Morgan fingerprint density at radius 1 is 1.00 bits per heavy atom. The molecule has 0 radical (unpaired) electrons. The summed E-state index contributed by atoms with van der Waals surface area (Å²) in [6.07, 6.45) is 0.743. The summed E-state index contributed by atoms with van der Waals surface area (Å²) in [7, 11) is 3.16. The van der Waals surface area contributed by atoms with Crippen LogP contribution in [0.25, 0.3) is 0 Å². The Kier molecular flexibility index (Phi) is 9.01. The van der Waals surface area contributed by atoms with Gasteiger partial charge in [0.25, 0.3) is 0 Å². The molecule has 0 bridgehead atoms. The van der Waals surface area contributed by atoms with Gasteiger partial charge in [-0.1, -0.05) is 18.2 Å². The third kappa shape index (κ3) is 7.14. The average Bonchev–Trinajstić information content (AvgIpc) is 2.72. The molecule has 29 heavy (non-hydrogen) atoms. The first-order valence-electron chi connectivity index (χ1n) is 9.33. The van der Waals surface area contributed by atoms with Crippen LogP contribution in [0.15, 0.2) is 47.5 Å². The number of nitrogens with one attached hydrogen (secondary N) is 2. The smallest absolute Gasteiger partial charge is 0.387 e. The number of guanidine groups is 1. The number of benzene rings is 2. The third-order valence-electron chi connectivity index (χ3n) is 4.11. The van der Waals surface area contributed by atoms with Crippen molar-refractivity contribution < 1.29 is 23.0 Å². The predicted molar refractivity (Wildman–Crippen MR) is 109 cm³/mol. The topological polar surface area (TPSA) is 64.1 Å². The maximum atomic E-state index is 12.7. The minimum atomic E-state index is -2.90. The molecule has 0 saturated carbocycles. The molecule has 0 amide bonds. The van der Waals surface area contributed by atoms with Crippen molar-refractivity contribution in [1.29, 1.82) is 0 Å². The van der Waals surface area contributed by atoms with E-state index in [0.717, 1.165) is 17.7 Å². The summed E-state index contributed by atoms with van der Waals surface area (Å²) >= 11 is 0. The SMILES string of the molecule is CCNC(=NCc1cc(OC)ccc1OC(F)F)NCCc1ccccc1OC. The van der Waals surface area contributed by atoms with Crippen LogP contribution in [0.3, 0.4) is 0 Å². The lowest BCUT2D eigenvalue weighted by Crippen LogP contribution is -2.38. The normalized spacial score (nSPS) is 11.3. The zero-order chi connectivity index (χ0) is 21.1. The van der Waals surface area contributed by atoms with E-state index in [4.69, 9.17) is 9.47 Å². The fourth-order valence-corrected chi connectivity index (χ4v) is 2.75. The average molecular weight is 407 g/mol. The van der Waals surface area contributed by atoms with Crippen molar-refractivity contribution in [3.05, 3.63) is 53.6 Å². The zero-order valence-electron chi connectivity index (χ0n) is 16.9. The van der Waals surface area contributed by atoms with Crippen LogP contribution in [0.2, 0.25) is 0 Å². The highest BCUT2D eigenvalue weighted by Crippen LogP contribution is 2.26. The van der Waals surface area contributed by atoms with E-state index in [-0.39, 0.29) is 12.3 Å². The molecule has 8 heteroatoms. The Labute approximate surface area is 169 Å².